The van der Waals surface area contributed by atoms with Gasteiger partial charge in [-0.05, 0) is 30.3 Å². The topological polar surface area (TPSA) is 72.0 Å². The van der Waals surface area contributed by atoms with E-state index in [0.717, 1.165) is 23.1 Å². The number of benzene rings is 2. The van der Waals surface area contributed by atoms with Crippen LogP contribution in [0.5, 0.6) is 11.5 Å². The Morgan fingerprint density at radius 3 is 2.61 bits per heavy atom. The molecule has 2 aliphatic rings. The summed E-state index contributed by atoms with van der Waals surface area (Å²) in [6.07, 6.45) is 0.290. The van der Waals surface area contributed by atoms with Gasteiger partial charge in [-0.2, -0.15) is 0 Å². The molecule has 7 nitrogen and oxygen atoms in total. The van der Waals surface area contributed by atoms with Crippen molar-refractivity contribution in [2.45, 2.75) is 10.8 Å². The number of Topliss-reactive ketones (excluding diaryl/α,β-unsaturated/α-hetero) is 1. The van der Waals surface area contributed by atoms with E-state index >= 15 is 0 Å². The maximum absolute atomic E-state index is 12.8. The molecule has 0 radical (unpaired) electrons. The van der Waals surface area contributed by atoms with Gasteiger partial charge in [0.15, 0.2) is 21.6 Å². The molecule has 2 aromatic carbocycles. The number of carbonyl (C=O) groups excluding carboxylic acids is 2. The number of nitrogens with zero attached hydrogens (tertiary/aromatic N) is 3. The van der Waals surface area contributed by atoms with Crippen LogP contribution in [0.15, 0.2) is 58.3 Å². The Bertz CT molecular complexity index is 1140. The molecule has 3 aromatic rings. The van der Waals surface area contributed by atoms with Crippen LogP contribution in [0.2, 0.25) is 0 Å². The number of aromatic nitrogens is 1. The van der Waals surface area contributed by atoms with E-state index in [-0.39, 0.29) is 24.2 Å². The average molecular weight is 482 g/mol. The van der Waals surface area contributed by atoms with Crippen LogP contribution >= 0.6 is 23.1 Å². The molecule has 0 saturated carbocycles. The normalized spacial score (nSPS) is 15.0. The van der Waals surface area contributed by atoms with Crippen LogP contribution < -0.4 is 14.4 Å². The zero-order chi connectivity index (χ0) is 22.6. The van der Waals surface area contributed by atoms with E-state index in [1.165, 1.54) is 28.8 Å². The lowest BCUT2D eigenvalue weighted by molar-refractivity contribution is -0.130. The second-order valence-electron chi connectivity index (χ2n) is 7.76. The van der Waals surface area contributed by atoms with Crippen molar-refractivity contribution >= 4 is 40.5 Å². The van der Waals surface area contributed by atoms with Crippen LogP contribution in [0.1, 0.15) is 16.1 Å². The third-order valence-electron chi connectivity index (χ3n) is 5.64. The van der Waals surface area contributed by atoms with Crippen molar-refractivity contribution in [2.24, 2.45) is 0 Å². The molecule has 0 atom stereocenters. The van der Waals surface area contributed by atoms with Crippen molar-refractivity contribution < 1.29 is 19.1 Å². The van der Waals surface area contributed by atoms with Gasteiger partial charge in [-0.1, -0.05) is 30.0 Å². The fraction of sp³-hybridized carbons (Fsp3) is 0.292. The minimum Gasteiger partial charge on any atom is -0.454 e. The molecule has 1 aromatic heterocycles. The Morgan fingerprint density at radius 2 is 1.79 bits per heavy atom. The average Bonchev–Trinajstić information content (AvgIpc) is 3.52. The van der Waals surface area contributed by atoms with E-state index in [1.807, 2.05) is 28.5 Å². The molecule has 2 aliphatic heterocycles. The molecule has 170 valence electrons. The van der Waals surface area contributed by atoms with Crippen molar-refractivity contribution in [3.63, 3.8) is 0 Å². The highest BCUT2D eigenvalue weighted by Crippen LogP contribution is 2.33. The Morgan fingerprint density at radius 1 is 1.00 bits per heavy atom. The van der Waals surface area contributed by atoms with Crippen molar-refractivity contribution in [3.05, 3.63) is 65.2 Å². The van der Waals surface area contributed by atoms with Gasteiger partial charge >= 0.3 is 0 Å². The lowest BCUT2D eigenvalue weighted by Crippen LogP contribution is -2.49. The Labute approximate surface area is 200 Å². The summed E-state index contributed by atoms with van der Waals surface area (Å²) in [6, 6.07) is 15.5. The SMILES string of the molecule is O=C(CSc1nc(CC(=O)N2CCN(c3ccccc3)CC2)cs1)c1ccc2c(c1)OCO2. The maximum atomic E-state index is 12.8. The number of fused-ring (bicyclic) bond motifs is 1. The van der Waals surface area contributed by atoms with Crippen molar-refractivity contribution in [2.75, 3.05) is 43.6 Å². The first-order valence-electron chi connectivity index (χ1n) is 10.7. The lowest BCUT2D eigenvalue weighted by atomic mass is 10.1. The summed E-state index contributed by atoms with van der Waals surface area (Å²) < 4.78 is 11.4. The minimum atomic E-state index is 0.00223. The van der Waals surface area contributed by atoms with Crippen LogP contribution in [0.3, 0.4) is 0 Å². The number of para-hydroxylation sites is 1. The number of ketones is 1. The highest BCUT2D eigenvalue weighted by atomic mass is 32.2. The highest BCUT2D eigenvalue weighted by molar-refractivity contribution is 8.01. The number of piperazine rings is 1. The molecule has 0 bridgehead atoms. The minimum absolute atomic E-state index is 0.00223. The zero-order valence-electron chi connectivity index (χ0n) is 17.9. The number of carbonyl (C=O) groups is 2. The molecule has 1 saturated heterocycles. The molecule has 0 spiro atoms. The van der Waals surface area contributed by atoms with Crippen LogP contribution in [0.4, 0.5) is 5.69 Å². The summed E-state index contributed by atoms with van der Waals surface area (Å²) >= 11 is 2.86. The molecule has 3 heterocycles. The fourth-order valence-electron chi connectivity index (χ4n) is 3.84. The summed E-state index contributed by atoms with van der Waals surface area (Å²) in [5.74, 6) is 1.64. The second-order valence-corrected chi connectivity index (χ2v) is 9.85. The second kappa shape index (κ2) is 9.84. The van der Waals surface area contributed by atoms with Crippen LogP contribution in [-0.2, 0) is 11.2 Å². The van der Waals surface area contributed by atoms with Gasteiger partial charge in [0.05, 0.1) is 17.9 Å². The molecule has 0 aliphatic carbocycles. The molecular formula is C24H23N3O4S2. The van der Waals surface area contributed by atoms with E-state index in [0.29, 0.717) is 36.6 Å². The first kappa shape index (κ1) is 21.8. The number of ether oxygens (including phenoxy) is 2. The molecule has 33 heavy (non-hydrogen) atoms. The smallest absolute Gasteiger partial charge is 0.231 e. The van der Waals surface area contributed by atoms with Crippen LogP contribution in [0, 0.1) is 0 Å². The number of anilines is 1. The molecule has 0 unspecified atom stereocenters. The number of hydrogen-bond acceptors (Lipinski definition) is 8. The molecule has 5 rings (SSSR count). The van der Waals surface area contributed by atoms with Crippen molar-refractivity contribution in [3.8, 4) is 11.5 Å². The highest BCUT2D eigenvalue weighted by Gasteiger charge is 2.22. The molecule has 9 heteroatoms. The third-order valence-corrected chi connectivity index (χ3v) is 7.71. The quantitative estimate of drug-likeness (QED) is 0.376. The zero-order valence-corrected chi connectivity index (χ0v) is 19.6. The fourth-order valence-corrected chi connectivity index (χ4v) is 5.58. The van der Waals surface area contributed by atoms with Gasteiger partial charge in [0.1, 0.15) is 0 Å². The van der Waals surface area contributed by atoms with Gasteiger partial charge in [-0.3, -0.25) is 9.59 Å². The van der Waals surface area contributed by atoms with E-state index in [2.05, 4.69) is 22.0 Å². The largest absolute Gasteiger partial charge is 0.454 e. The van der Waals surface area contributed by atoms with Gasteiger partial charge in [-0.25, -0.2) is 4.98 Å². The lowest BCUT2D eigenvalue weighted by Gasteiger charge is -2.36. The van der Waals surface area contributed by atoms with Gasteiger partial charge in [0, 0.05) is 42.8 Å². The number of thioether (sulfide) groups is 1. The monoisotopic (exact) mass is 481 g/mol. The third kappa shape index (κ3) is 5.15. The summed E-state index contributed by atoms with van der Waals surface area (Å²) in [4.78, 5) is 34.1. The van der Waals surface area contributed by atoms with E-state index in [1.54, 1.807) is 18.2 Å². The molecular weight excluding hydrogens is 458 g/mol. The van der Waals surface area contributed by atoms with Gasteiger partial charge in [0.2, 0.25) is 12.7 Å². The van der Waals surface area contributed by atoms with E-state index in [4.69, 9.17) is 9.47 Å². The van der Waals surface area contributed by atoms with E-state index < -0.39 is 0 Å². The molecule has 0 N–H and O–H groups in total. The summed E-state index contributed by atoms with van der Waals surface area (Å²) in [5, 5.41) is 1.91. The molecule has 1 fully saturated rings. The standard InChI is InChI=1S/C24H23N3O4S2/c28-20(17-6-7-21-22(12-17)31-16-30-21)15-33-24-25-18(14-32-24)13-23(29)27-10-8-26(9-11-27)19-4-2-1-3-5-19/h1-7,12,14H,8-11,13,15-16H2. The van der Waals surface area contributed by atoms with E-state index in [9.17, 15) is 9.59 Å². The van der Waals surface area contributed by atoms with Gasteiger partial charge in [-0.15, -0.1) is 11.3 Å². The number of hydrogen-bond donors (Lipinski definition) is 0. The number of rotatable bonds is 7. The van der Waals surface area contributed by atoms with Crippen molar-refractivity contribution in [1.29, 1.82) is 0 Å². The van der Waals surface area contributed by atoms with Gasteiger partial charge in [0.25, 0.3) is 0 Å². The number of thiazole rings is 1. The first-order valence-corrected chi connectivity index (χ1v) is 12.6. The molecule has 1 amide bonds. The Hall–Kier alpha value is -3.04. The Kier molecular flexibility index (Phi) is 6.50. The van der Waals surface area contributed by atoms with Crippen LogP contribution in [0.25, 0.3) is 0 Å². The Balaban J connectivity index is 1.10. The summed E-state index contributed by atoms with van der Waals surface area (Å²) in [6.45, 7) is 3.27. The first-order chi connectivity index (χ1) is 16.2. The number of amides is 1. The van der Waals surface area contributed by atoms with Crippen LogP contribution in [-0.4, -0.2) is 60.3 Å². The predicted octanol–water partition coefficient (Wildman–Crippen LogP) is 3.74. The van der Waals surface area contributed by atoms with Crippen molar-refractivity contribution in [1.82, 2.24) is 9.88 Å². The summed E-state index contributed by atoms with van der Waals surface area (Å²) in [5.41, 5.74) is 2.54. The van der Waals surface area contributed by atoms with Gasteiger partial charge < -0.3 is 19.3 Å². The predicted molar refractivity (Wildman–Crippen MR) is 129 cm³/mol. The summed E-state index contributed by atoms with van der Waals surface area (Å²) in [7, 11) is 0. The maximum Gasteiger partial charge on any atom is 0.231 e.